The van der Waals surface area contributed by atoms with Gasteiger partial charge in [-0.1, -0.05) is 17.7 Å². The van der Waals surface area contributed by atoms with Crippen molar-refractivity contribution < 1.29 is 19.2 Å². The highest BCUT2D eigenvalue weighted by Gasteiger charge is 2.25. The Morgan fingerprint density at radius 1 is 1.04 bits per heavy atom. The van der Waals surface area contributed by atoms with Gasteiger partial charge < -0.3 is 19.3 Å². The largest absolute Gasteiger partial charge is 0.454 e. The Morgan fingerprint density at radius 2 is 1.76 bits per heavy atom. The van der Waals surface area contributed by atoms with E-state index < -0.39 is 0 Å². The maximum atomic E-state index is 12.6. The number of carbonyl (C=O) groups is 1. The van der Waals surface area contributed by atoms with E-state index >= 15 is 0 Å². The van der Waals surface area contributed by atoms with Gasteiger partial charge in [0.2, 0.25) is 6.79 Å². The van der Waals surface area contributed by atoms with Gasteiger partial charge in [0, 0.05) is 11.1 Å². The summed E-state index contributed by atoms with van der Waals surface area (Å²) < 4.78 is 10.8. The molecule has 25 heavy (non-hydrogen) atoms. The number of piperazine rings is 1. The fourth-order valence-corrected chi connectivity index (χ4v) is 3.42. The number of ether oxygens (including phenoxy) is 2. The van der Waals surface area contributed by atoms with Crippen LogP contribution in [0.5, 0.6) is 11.5 Å². The van der Waals surface area contributed by atoms with Gasteiger partial charge in [-0.2, -0.15) is 0 Å². The average molecular weight is 339 g/mol. The smallest absolute Gasteiger partial charge is 0.254 e. The monoisotopic (exact) mass is 339 g/mol. The number of nitrogens with one attached hydrogen (secondary N) is 1. The first-order chi connectivity index (χ1) is 12.2. The highest BCUT2D eigenvalue weighted by Crippen LogP contribution is 2.32. The molecule has 1 N–H and O–H groups in total. The first-order valence-electron chi connectivity index (χ1n) is 8.77. The number of rotatable bonds is 3. The highest BCUT2D eigenvalue weighted by molar-refractivity contribution is 5.94. The van der Waals surface area contributed by atoms with Gasteiger partial charge in [-0.25, -0.2) is 0 Å². The lowest BCUT2D eigenvalue weighted by Crippen LogP contribution is -3.13. The molecule has 0 atom stereocenters. The van der Waals surface area contributed by atoms with Gasteiger partial charge in [-0.05, 0) is 37.3 Å². The van der Waals surface area contributed by atoms with Crippen molar-refractivity contribution in [2.45, 2.75) is 13.5 Å². The fourth-order valence-electron chi connectivity index (χ4n) is 3.42. The normalized spacial score (nSPS) is 16.9. The molecule has 4 rings (SSSR count). The Bertz CT molecular complexity index is 765. The van der Waals surface area contributed by atoms with E-state index in [-0.39, 0.29) is 5.91 Å². The molecular formula is C20H23N2O3+. The lowest BCUT2D eigenvalue weighted by Gasteiger charge is -2.32. The van der Waals surface area contributed by atoms with Gasteiger partial charge in [0.25, 0.3) is 5.91 Å². The van der Waals surface area contributed by atoms with Crippen LogP contribution >= 0.6 is 0 Å². The third kappa shape index (κ3) is 3.46. The van der Waals surface area contributed by atoms with Crippen molar-refractivity contribution >= 4 is 5.91 Å². The maximum absolute atomic E-state index is 12.6. The van der Waals surface area contributed by atoms with Crippen LogP contribution in [0.4, 0.5) is 0 Å². The zero-order valence-corrected chi connectivity index (χ0v) is 14.5. The number of quaternary nitrogens is 1. The lowest BCUT2D eigenvalue weighted by atomic mass is 10.1. The van der Waals surface area contributed by atoms with Crippen LogP contribution in [0.25, 0.3) is 0 Å². The second-order valence-electron chi connectivity index (χ2n) is 6.77. The zero-order chi connectivity index (χ0) is 17.2. The van der Waals surface area contributed by atoms with Crippen molar-refractivity contribution in [1.29, 1.82) is 0 Å². The van der Waals surface area contributed by atoms with Crippen LogP contribution in [-0.2, 0) is 6.54 Å². The number of hydrogen-bond donors (Lipinski definition) is 1. The Morgan fingerprint density at radius 3 is 2.52 bits per heavy atom. The molecule has 1 saturated heterocycles. The summed E-state index contributed by atoms with van der Waals surface area (Å²) in [6.45, 7) is 6.82. The first kappa shape index (κ1) is 16.0. The van der Waals surface area contributed by atoms with Crippen LogP contribution < -0.4 is 14.4 Å². The molecule has 2 heterocycles. The summed E-state index contributed by atoms with van der Waals surface area (Å²) in [7, 11) is 0. The van der Waals surface area contributed by atoms with Gasteiger partial charge in [0.15, 0.2) is 11.5 Å². The van der Waals surface area contributed by atoms with Crippen LogP contribution in [0.3, 0.4) is 0 Å². The zero-order valence-electron chi connectivity index (χ0n) is 14.5. The van der Waals surface area contributed by atoms with E-state index in [9.17, 15) is 4.79 Å². The lowest BCUT2D eigenvalue weighted by molar-refractivity contribution is -0.917. The summed E-state index contributed by atoms with van der Waals surface area (Å²) in [6.07, 6.45) is 0. The third-order valence-corrected chi connectivity index (χ3v) is 4.95. The topological polar surface area (TPSA) is 43.2 Å². The fraction of sp³-hybridized carbons (Fsp3) is 0.350. The Kier molecular flexibility index (Phi) is 4.32. The number of carbonyl (C=O) groups excluding carboxylic acids is 1. The van der Waals surface area contributed by atoms with Crippen molar-refractivity contribution in [3.8, 4) is 11.5 Å². The molecule has 5 nitrogen and oxygen atoms in total. The van der Waals surface area contributed by atoms with Crippen LogP contribution in [0, 0.1) is 6.92 Å². The molecule has 0 saturated carbocycles. The molecule has 2 aromatic rings. The Hall–Kier alpha value is -2.53. The molecule has 2 aliphatic rings. The van der Waals surface area contributed by atoms with Crippen molar-refractivity contribution in [2.75, 3.05) is 33.0 Å². The van der Waals surface area contributed by atoms with E-state index in [1.165, 1.54) is 16.0 Å². The van der Waals surface area contributed by atoms with Crippen LogP contribution in [0.15, 0.2) is 42.5 Å². The second kappa shape index (κ2) is 6.76. The van der Waals surface area contributed by atoms with Gasteiger partial charge in [-0.15, -0.1) is 0 Å². The average Bonchev–Trinajstić information content (AvgIpc) is 3.10. The molecule has 0 bridgehead atoms. The minimum Gasteiger partial charge on any atom is -0.454 e. The number of fused-ring (bicyclic) bond motifs is 1. The van der Waals surface area contributed by atoms with Gasteiger partial charge >= 0.3 is 0 Å². The van der Waals surface area contributed by atoms with E-state index in [4.69, 9.17) is 9.47 Å². The molecule has 2 aliphatic heterocycles. The molecule has 0 aliphatic carbocycles. The van der Waals surface area contributed by atoms with Crippen LogP contribution in [-0.4, -0.2) is 43.8 Å². The van der Waals surface area contributed by atoms with E-state index in [0.29, 0.717) is 6.79 Å². The molecule has 1 amide bonds. The minimum atomic E-state index is 0.141. The molecule has 0 aromatic heterocycles. The number of benzene rings is 2. The van der Waals surface area contributed by atoms with Gasteiger partial charge in [0.05, 0.1) is 26.2 Å². The Labute approximate surface area is 147 Å². The highest BCUT2D eigenvalue weighted by atomic mass is 16.7. The predicted molar refractivity (Wildman–Crippen MR) is 94.0 cm³/mol. The summed E-state index contributed by atoms with van der Waals surface area (Å²) in [6, 6.07) is 14.0. The van der Waals surface area contributed by atoms with Crippen LogP contribution in [0.1, 0.15) is 21.5 Å². The summed E-state index contributed by atoms with van der Waals surface area (Å²) in [4.78, 5) is 16.0. The van der Waals surface area contributed by atoms with Crippen molar-refractivity contribution in [1.82, 2.24) is 4.90 Å². The quantitative estimate of drug-likeness (QED) is 0.916. The van der Waals surface area contributed by atoms with E-state index in [1.54, 1.807) is 0 Å². The van der Waals surface area contributed by atoms with Gasteiger partial charge in [-0.3, -0.25) is 4.79 Å². The maximum Gasteiger partial charge on any atom is 0.254 e. The summed E-state index contributed by atoms with van der Waals surface area (Å²) in [5.74, 6) is 1.81. The van der Waals surface area contributed by atoms with Crippen molar-refractivity contribution in [3.05, 3.63) is 59.2 Å². The number of hydrogen-bond acceptors (Lipinski definition) is 3. The molecule has 130 valence electrons. The summed E-state index contributed by atoms with van der Waals surface area (Å²) in [5.41, 5.74) is 3.21. The second-order valence-corrected chi connectivity index (χ2v) is 6.77. The molecule has 0 radical (unpaired) electrons. The molecule has 0 unspecified atom stereocenters. The van der Waals surface area contributed by atoms with E-state index in [1.807, 2.05) is 42.2 Å². The minimum absolute atomic E-state index is 0.141. The first-order valence-corrected chi connectivity index (χ1v) is 8.77. The van der Waals surface area contributed by atoms with Gasteiger partial charge in [0.1, 0.15) is 6.54 Å². The van der Waals surface area contributed by atoms with E-state index in [2.05, 4.69) is 12.1 Å². The van der Waals surface area contributed by atoms with Crippen LogP contribution in [0.2, 0.25) is 0 Å². The molecule has 5 heteroatoms. The number of aryl methyl sites for hydroxylation is 1. The van der Waals surface area contributed by atoms with Crippen molar-refractivity contribution in [3.63, 3.8) is 0 Å². The summed E-state index contributed by atoms with van der Waals surface area (Å²) in [5, 5.41) is 0. The molecular weight excluding hydrogens is 316 g/mol. The SMILES string of the molecule is Cc1ccc(C(=O)N2CC[NH+](Cc3ccc4c(c3)OCO4)CC2)cc1. The Balaban J connectivity index is 1.33. The molecule has 1 fully saturated rings. The predicted octanol–water partition coefficient (Wildman–Crippen LogP) is 1.26. The summed E-state index contributed by atoms with van der Waals surface area (Å²) >= 11 is 0. The molecule has 0 spiro atoms. The standard InChI is InChI=1S/C20H22N2O3/c1-15-2-5-17(6-3-15)20(23)22-10-8-21(9-11-22)13-16-4-7-18-19(12-16)25-14-24-18/h2-7,12H,8-11,13-14H2,1H3/p+1. The number of amides is 1. The van der Waals surface area contributed by atoms with E-state index in [0.717, 1.165) is 49.8 Å². The van der Waals surface area contributed by atoms with Crippen molar-refractivity contribution in [2.24, 2.45) is 0 Å². The number of nitrogens with zero attached hydrogens (tertiary/aromatic N) is 1. The molecule has 2 aromatic carbocycles. The third-order valence-electron chi connectivity index (χ3n) is 4.95.